The molecule has 0 saturated carbocycles. The van der Waals surface area contributed by atoms with E-state index in [2.05, 4.69) is 41.4 Å². The fourth-order valence-corrected chi connectivity index (χ4v) is 2.90. The first-order valence-corrected chi connectivity index (χ1v) is 9.30. The van der Waals surface area contributed by atoms with Crippen LogP contribution in [0.25, 0.3) is 0 Å². The molecule has 7 heteroatoms. The number of rotatable bonds is 4. The fourth-order valence-electron chi connectivity index (χ4n) is 2.90. The molecule has 1 aromatic heterocycles. The van der Waals surface area contributed by atoms with Crippen molar-refractivity contribution in [2.75, 3.05) is 17.4 Å². The Bertz CT molecular complexity index is 1040. The Hall–Kier alpha value is -3.61. The fraction of sp³-hybridized carbons (Fsp3) is 0.227. The molecule has 1 aliphatic heterocycles. The van der Waals surface area contributed by atoms with Gasteiger partial charge in [-0.1, -0.05) is 32.9 Å². The van der Waals surface area contributed by atoms with E-state index in [4.69, 9.17) is 9.47 Å². The second kappa shape index (κ2) is 7.43. The molecule has 0 atom stereocenters. The highest BCUT2D eigenvalue weighted by Crippen LogP contribution is 2.34. The van der Waals surface area contributed by atoms with Crippen LogP contribution in [0.4, 0.5) is 17.3 Å². The maximum absolute atomic E-state index is 12.6. The van der Waals surface area contributed by atoms with Crippen molar-refractivity contribution < 1.29 is 14.3 Å². The van der Waals surface area contributed by atoms with E-state index in [-0.39, 0.29) is 23.8 Å². The third-order valence-corrected chi connectivity index (χ3v) is 4.53. The number of nitrogens with one attached hydrogen (secondary N) is 2. The van der Waals surface area contributed by atoms with Gasteiger partial charge in [-0.15, -0.1) is 0 Å². The summed E-state index contributed by atoms with van der Waals surface area (Å²) in [5, 5.41) is 5.95. The quantitative estimate of drug-likeness (QED) is 0.682. The first kappa shape index (κ1) is 18.7. The van der Waals surface area contributed by atoms with Gasteiger partial charge in [-0.2, -0.15) is 0 Å². The van der Waals surface area contributed by atoms with Crippen molar-refractivity contribution >= 4 is 23.2 Å². The number of amides is 1. The van der Waals surface area contributed by atoms with Gasteiger partial charge < -0.3 is 20.1 Å². The highest BCUT2D eigenvalue weighted by atomic mass is 16.7. The average Bonchev–Trinajstić information content (AvgIpc) is 3.16. The summed E-state index contributed by atoms with van der Waals surface area (Å²) in [6.07, 6.45) is 1.54. The van der Waals surface area contributed by atoms with Gasteiger partial charge in [-0.3, -0.25) is 4.79 Å². The third kappa shape index (κ3) is 4.29. The summed E-state index contributed by atoms with van der Waals surface area (Å²) in [5.41, 5.74) is 2.98. The summed E-state index contributed by atoms with van der Waals surface area (Å²) in [5.74, 6) is 1.37. The number of benzene rings is 2. The van der Waals surface area contributed by atoms with Gasteiger partial charge in [-0.25, -0.2) is 9.97 Å². The monoisotopic (exact) mass is 390 g/mol. The van der Waals surface area contributed by atoms with Crippen LogP contribution in [-0.2, 0) is 5.41 Å². The van der Waals surface area contributed by atoms with E-state index in [9.17, 15) is 4.79 Å². The van der Waals surface area contributed by atoms with Crippen molar-refractivity contribution in [3.63, 3.8) is 0 Å². The Kier molecular flexibility index (Phi) is 4.80. The number of ether oxygens (including phenoxy) is 2. The van der Waals surface area contributed by atoms with Crippen LogP contribution in [0, 0.1) is 0 Å². The topological polar surface area (TPSA) is 85.4 Å². The predicted molar refractivity (Wildman–Crippen MR) is 111 cm³/mol. The zero-order valence-electron chi connectivity index (χ0n) is 16.5. The SMILES string of the molecule is CC(C)(C)c1ccc(NC(=O)c2ccnc(Nc3ccc4c(c3)OCO4)n2)cc1. The summed E-state index contributed by atoms with van der Waals surface area (Å²) in [6, 6.07) is 14.8. The normalized spacial score (nSPS) is 12.5. The first-order valence-electron chi connectivity index (χ1n) is 9.30. The molecule has 1 aliphatic rings. The largest absolute Gasteiger partial charge is 0.454 e. The minimum absolute atomic E-state index is 0.0600. The molecular formula is C22H22N4O3. The van der Waals surface area contributed by atoms with E-state index in [1.165, 1.54) is 5.56 Å². The van der Waals surface area contributed by atoms with Crippen LogP contribution in [-0.4, -0.2) is 22.7 Å². The van der Waals surface area contributed by atoms with Crippen molar-refractivity contribution in [3.05, 3.63) is 66.0 Å². The summed E-state index contributed by atoms with van der Waals surface area (Å²) < 4.78 is 10.7. The van der Waals surface area contributed by atoms with Crippen molar-refractivity contribution in [2.24, 2.45) is 0 Å². The lowest BCUT2D eigenvalue weighted by atomic mass is 9.87. The van der Waals surface area contributed by atoms with Gasteiger partial charge in [0.2, 0.25) is 12.7 Å². The molecule has 148 valence electrons. The zero-order chi connectivity index (χ0) is 20.4. The molecule has 0 saturated heterocycles. The average molecular weight is 390 g/mol. The lowest BCUT2D eigenvalue weighted by Crippen LogP contribution is -2.15. The van der Waals surface area contributed by atoms with E-state index in [0.717, 1.165) is 5.69 Å². The van der Waals surface area contributed by atoms with Gasteiger partial charge in [0, 0.05) is 23.6 Å². The Morgan fingerprint density at radius 1 is 0.966 bits per heavy atom. The molecule has 1 amide bonds. The molecule has 0 spiro atoms. The Morgan fingerprint density at radius 2 is 1.69 bits per heavy atom. The molecule has 0 radical (unpaired) electrons. The minimum atomic E-state index is -0.301. The van der Waals surface area contributed by atoms with Crippen LogP contribution in [0.1, 0.15) is 36.8 Å². The van der Waals surface area contributed by atoms with E-state index in [1.807, 2.05) is 36.4 Å². The molecule has 4 rings (SSSR count). The van der Waals surface area contributed by atoms with E-state index in [1.54, 1.807) is 18.3 Å². The molecule has 2 heterocycles. The van der Waals surface area contributed by atoms with Gasteiger partial charge in [0.15, 0.2) is 11.5 Å². The molecule has 7 nitrogen and oxygen atoms in total. The summed E-state index contributed by atoms with van der Waals surface area (Å²) >= 11 is 0. The van der Waals surface area contributed by atoms with Crippen molar-refractivity contribution in [1.82, 2.24) is 9.97 Å². The first-order chi connectivity index (χ1) is 13.9. The zero-order valence-corrected chi connectivity index (χ0v) is 16.5. The maximum Gasteiger partial charge on any atom is 0.274 e. The lowest BCUT2D eigenvalue weighted by molar-refractivity contribution is 0.102. The summed E-state index contributed by atoms with van der Waals surface area (Å²) in [6.45, 7) is 6.66. The third-order valence-electron chi connectivity index (χ3n) is 4.53. The standard InChI is InChI=1S/C22H22N4O3/c1-22(2,3)14-4-6-15(7-5-14)24-20(27)17-10-11-23-21(26-17)25-16-8-9-18-19(12-16)29-13-28-18/h4-12H,13H2,1-3H3,(H,24,27)(H,23,25,26). The molecule has 0 fully saturated rings. The van der Waals surface area contributed by atoms with Gasteiger partial charge in [0.25, 0.3) is 5.91 Å². The number of carbonyl (C=O) groups excluding carboxylic acids is 1. The number of nitrogens with zero attached hydrogens (tertiary/aromatic N) is 2. The number of anilines is 3. The second-order valence-electron chi connectivity index (χ2n) is 7.74. The number of aromatic nitrogens is 2. The number of fused-ring (bicyclic) bond motifs is 1. The lowest BCUT2D eigenvalue weighted by Gasteiger charge is -2.19. The number of hydrogen-bond donors (Lipinski definition) is 2. The summed E-state index contributed by atoms with van der Waals surface area (Å²) in [4.78, 5) is 21.1. The van der Waals surface area contributed by atoms with Crippen molar-refractivity contribution in [2.45, 2.75) is 26.2 Å². The molecule has 0 aliphatic carbocycles. The van der Waals surface area contributed by atoms with Gasteiger partial charge in [0.05, 0.1) is 0 Å². The Labute approximate surface area is 169 Å². The predicted octanol–water partition coefficient (Wildman–Crippen LogP) is 4.50. The van der Waals surface area contributed by atoms with Crippen LogP contribution in [0.5, 0.6) is 11.5 Å². The Balaban J connectivity index is 1.46. The highest BCUT2D eigenvalue weighted by molar-refractivity contribution is 6.03. The molecule has 3 aromatic rings. The molecule has 2 N–H and O–H groups in total. The van der Waals surface area contributed by atoms with Gasteiger partial charge >= 0.3 is 0 Å². The number of carbonyl (C=O) groups is 1. The minimum Gasteiger partial charge on any atom is -0.454 e. The molecule has 2 aromatic carbocycles. The van der Waals surface area contributed by atoms with Crippen LogP contribution >= 0.6 is 0 Å². The van der Waals surface area contributed by atoms with Crippen LogP contribution in [0.15, 0.2) is 54.7 Å². The second-order valence-corrected chi connectivity index (χ2v) is 7.74. The molecule has 29 heavy (non-hydrogen) atoms. The Morgan fingerprint density at radius 3 is 2.45 bits per heavy atom. The van der Waals surface area contributed by atoms with Crippen molar-refractivity contribution in [1.29, 1.82) is 0 Å². The summed E-state index contributed by atoms with van der Waals surface area (Å²) in [7, 11) is 0. The van der Waals surface area contributed by atoms with Crippen LogP contribution < -0.4 is 20.1 Å². The molecule has 0 unspecified atom stereocenters. The smallest absolute Gasteiger partial charge is 0.274 e. The van der Waals surface area contributed by atoms with E-state index >= 15 is 0 Å². The van der Waals surface area contributed by atoms with Crippen LogP contribution in [0.2, 0.25) is 0 Å². The van der Waals surface area contributed by atoms with Crippen LogP contribution in [0.3, 0.4) is 0 Å². The van der Waals surface area contributed by atoms with E-state index in [0.29, 0.717) is 23.1 Å². The van der Waals surface area contributed by atoms with Gasteiger partial charge in [0.1, 0.15) is 5.69 Å². The van der Waals surface area contributed by atoms with Crippen molar-refractivity contribution in [3.8, 4) is 11.5 Å². The number of hydrogen-bond acceptors (Lipinski definition) is 6. The molecule has 0 bridgehead atoms. The highest BCUT2D eigenvalue weighted by Gasteiger charge is 2.15. The maximum atomic E-state index is 12.6. The van der Waals surface area contributed by atoms with Gasteiger partial charge in [-0.05, 0) is 41.3 Å². The molecular weight excluding hydrogens is 368 g/mol. The van der Waals surface area contributed by atoms with E-state index < -0.39 is 0 Å².